The van der Waals surface area contributed by atoms with Crippen LogP contribution in [-0.2, 0) is 11.3 Å². The van der Waals surface area contributed by atoms with E-state index in [4.69, 9.17) is 9.47 Å². The molecule has 0 fully saturated rings. The second kappa shape index (κ2) is 6.04. The number of nitrogens with zero attached hydrogens (tertiary/aromatic N) is 4. The fourth-order valence-electron chi connectivity index (χ4n) is 2.19. The third-order valence-electron chi connectivity index (χ3n) is 3.33. The first-order chi connectivity index (χ1) is 11.1. The Kier molecular flexibility index (Phi) is 3.92. The highest BCUT2D eigenvalue weighted by molar-refractivity contribution is 5.85. The molecule has 0 aliphatic carbocycles. The molecular formula is C16H16N4O3. The smallest absolute Gasteiger partial charge is 0.378 e. The van der Waals surface area contributed by atoms with Crippen LogP contribution >= 0.6 is 0 Å². The summed E-state index contributed by atoms with van der Waals surface area (Å²) in [5.74, 6) is 0.556. The van der Waals surface area contributed by atoms with E-state index in [9.17, 15) is 4.79 Å². The average Bonchev–Trinajstić information content (AvgIpc) is 2.97. The highest BCUT2D eigenvalue weighted by atomic mass is 16.5. The van der Waals surface area contributed by atoms with Crippen molar-refractivity contribution in [2.24, 2.45) is 0 Å². The lowest BCUT2D eigenvalue weighted by atomic mass is 10.2. The summed E-state index contributed by atoms with van der Waals surface area (Å²) in [5, 5.41) is 4.14. The minimum atomic E-state index is -0.580. The zero-order valence-corrected chi connectivity index (χ0v) is 13.1. The van der Waals surface area contributed by atoms with Gasteiger partial charge in [-0.25, -0.2) is 14.3 Å². The van der Waals surface area contributed by atoms with Gasteiger partial charge in [-0.3, -0.25) is 0 Å². The van der Waals surface area contributed by atoms with Crippen LogP contribution in [0.4, 0.5) is 0 Å². The van der Waals surface area contributed by atoms with Crippen molar-refractivity contribution in [2.75, 3.05) is 7.11 Å². The molecule has 0 radical (unpaired) electrons. The highest BCUT2D eigenvalue weighted by Crippen LogP contribution is 2.13. The fourth-order valence-corrected chi connectivity index (χ4v) is 2.19. The Bertz CT molecular complexity index is 856. The van der Waals surface area contributed by atoms with Crippen LogP contribution < -0.4 is 4.74 Å². The van der Waals surface area contributed by atoms with E-state index in [-0.39, 0.29) is 12.4 Å². The fraction of sp³-hybridized carbons (Fsp3) is 0.250. The number of hydrogen-bond donors (Lipinski definition) is 0. The lowest BCUT2D eigenvalue weighted by Gasteiger charge is -2.04. The molecule has 1 aromatic carbocycles. The predicted molar refractivity (Wildman–Crippen MR) is 82.4 cm³/mol. The van der Waals surface area contributed by atoms with Crippen LogP contribution in [0.1, 0.15) is 27.6 Å². The van der Waals surface area contributed by atoms with Gasteiger partial charge in [-0.1, -0.05) is 12.1 Å². The van der Waals surface area contributed by atoms with Crippen molar-refractivity contribution in [1.29, 1.82) is 0 Å². The summed E-state index contributed by atoms with van der Waals surface area (Å²) >= 11 is 0. The third-order valence-corrected chi connectivity index (χ3v) is 3.33. The van der Waals surface area contributed by atoms with Crippen molar-refractivity contribution in [1.82, 2.24) is 19.6 Å². The van der Waals surface area contributed by atoms with E-state index in [1.165, 1.54) is 4.52 Å². The van der Waals surface area contributed by atoms with Crippen molar-refractivity contribution in [3.63, 3.8) is 0 Å². The van der Waals surface area contributed by atoms with Crippen LogP contribution in [0.5, 0.6) is 5.75 Å². The number of benzene rings is 1. The van der Waals surface area contributed by atoms with E-state index in [1.54, 1.807) is 7.11 Å². The summed E-state index contributed by atoms with van der Waals surface area (Å²) in [6.07, 6.45) is 0. The molecule has 0 unspecified atom stereocenters. The van der Waals surface area contributed by atoms with Gasteiger partial charge in [0, 0.05) is 11.4 Å². The lowest BCUT2D eigenvalue weighted by molar-refractivity contribution is 0.0458. The molecule has 0 aliphatic heterocycles. The van der Waals surface area contributed by atoms with Gasteiger partial charge in [0.2, 0.25) is 0 Å². The zero-order chi connectivity index (χ0) is 16.4. The lowest BCUT2D eigenvalue weighted by Crippen LogP contribution is -2.07. The van der Waals surface area contributed by atoms with E-state index >= 15 is 0 Å². The Morgan fingerprint density at radius 1 is 1.17 bits per heavy atom. The van der Waals surface area contributed by atoms with Crippen molar-refractivity contribution < 1.29 is 14.3 Å². The quantitative estimate of drug-likeness (QED) is 0.687. The zero-order valence-electron chi connectivity index (χ0n) is 13.1. The van der Waals surface area contributed by atoms with Crippen molar-refractivity contribution in [3.8, 4) is 5.75 Å². The Hall–Kier alpha value is -2.96. The number of fused-ring (bicyclic) bond motifs is 1. The Morgan fingerprint density at radius 3 is 2.61 bits per heavy atom. The summed E-state index contributed by atoms with van der Waals surface area (Å²) in [6.45, 7) is 3.88. The van der Waals surface area contributed by atoms with Gasteiger partial charge in [0.1, 0.15) is 12.4 Å². The molecule has 7 nitrogen and oxygen atoms in total. The number of aromatic nitrogens is 4. The summed E-state index contributed by atoms with van der Waals surface area (Å²) in [6, 6.07) is 9.15. The van der Waals surface area contributed by atoms with E-state index in [2.05, 4.69) is 15.1 Å². The molecule has 3 rings (SSSR count). The average molecular weight is 312 g/mol. The van der Waals surface area contributed by atoms with Gasteiger partial charge >= 0.3 is 5.97 Å². The standard InChI is InChI=1S/C16H16N4O3/c1-10-8-11(2)20-16(17-10)18-14(19-20)15(21)23-9-12-4-6-13(22-3)7-5-12/h4-8H,9H2,1-3H3. The molecule has 0 N–H and O–H groups in total. The summed E-state index contributed by atoms with van der Waals surface area (Å²) in [7, 11) is 1.60. The second-order valence-electron chi connectivity index (χ2n) is 5.11. The topological polar surface area (TPSA) is 78.6 Å². The molecule has 0 saturated carbocycles. The van der Waals surface area contributed by atoms with E-state index in [0.717, 1.165) is 22.7 Å². The molecule has 23 heavy (non-hydrogen) atoms. The van der Waals surface area contributed by atoms with Crippen LogP contribution in [0, 0.1) is 13.8 Å². The van der Waals surface area contributed by atoms with E-state index in [0.29, 0.717) is 5.78 Å². The number of rotatable bonds is 4. The van der Waals surface area contributed by atoms with Gasteiger partial charge in [0.25, 0.3) is 11.6 Å². The highest BCUT2D eigenvalue weighted by Gasteiger charge is 2.16. The van der Waals surface area contributed by atoms with Gasteiger partial charge in [-0.15, -0.1) is 5.10 Å². The SMILES string of the molecule is COc1ccc(COC(=O)c2nc3nc(C)cc(C)n3n2)cc1. The van der Waals surface area contributed by atoms with Crippen LogP contribution in [0.25, 0.3) is 5.78 Å². The van der Waals surface area contributed by atoms with Crippen LogP contribution in [0.3, 0.4) is 0 Å². The van der Waals surface area contributed by atoms with Gasteiger partial charge in [0.15, 0.2) is 0 Å². The first kappa shape index (κ1) is 15.0. The maximum atomic E-state index is 12.1. The molecule has 0 atom stereocenters. The maximum Gasteiger partial charge on any atom is 0.378 e. The first-order valence-electron chi connectivity index (χ1n) is 7.08. The van der Waals surface area contributed by atoms with Gasteiger partial charge in [-0.2, -0.15) is 4.98 Å². The molecule has 0 amide bonds. The second-order valence-corrected chi connectivity index (χ2v) is 5.11. The molecule has 2 aromatic heterocycles. The molecule has 3 aromatic rings. The van der Waals surface area contributed by atoms with Crippen molar-refractivity contribution in [3.05, 3.63) is 53.1 Å². The van der Waals surface area contributed by atoms with Crippen LogP contribution in [-0.4, -0.2) is 32.7 Å². The van der Waals surface area contributed by atoms with E-state index < -0.39 is 5.97 Å². The molecule has 0 bridgehead atoms. The number of hydrogen-bond acceptors (Lipinski definition) is 6. The summed E-state index contributed by atoms with van der Waals surface area (Å²) < 4.78 is 11.8. The number of esters is 1. The van der Waals surface area contributed by atoms with Gasteiger partial charge < -0.3 is 9.47 Å². The number of carbonyl (C=O) groups excluding carboxylic acids is 1. The van der Waals surface area contributed by atoms with Crippen LogP contribution in [0.15, 0.2) is 30.3 Å². The van der Waals surface area contributed by atoms with Crippen LogP contribution in [0.2, 0.25) is 0 Å². The normalized spacial score (nSPS) is 10.7. The number of methoxy groups -OCH3 is 1. The summed E-state index contributed by atoms with van der Waals surface area (Å²) in [4.78, 5) is 20.5. The molecule has 0 saturated heterocycles. The number of ether oxygens (including phenoxy) is 2. The largest absolute Gasteiger partial charge is 0.497 e. The Morgan fingerprint density at radius 2 is 1.91 bits per heavy atom. The predicted octanol–water partition coefficient (Wildman–Crippen LogP) is 2.11. The molecule has 0 spiro atoms. The summed E-state index contributed by atoms with van der Waals surface area (Å²) in [5.41, 5.74) is 2.53. The van der Waals surface area contributed by atoms with Gasteiger partial charge in [0.05, 0.1) is 7.11 Å². The molecular weight excluding hydrogens is 296 g/mol. The van der Waals surface area contributed by atoms with E-state index in [1.807, 2.05) is 44.2 Å². The maximum absolute atomic E-state index is 12.1. The van der Waals surface area contributed by atoms with Crippen molar-refractivity contribution in [2.45, 2.75) is 20.5 Å². The number of carbonyl (C=O) groups is 1. The minimum absolute atomic E-state index is 0.000267. The Labute approximate surface area is 132 Å². The van der Waals surface area contributed by atoms with Crippen molar-refractivity contribution >= 4 is 11.7 Å². The van der Waals surface area contributed by atoms with Gasteiger partial charge in [-0.05, 0) is 37.6 Å². The Balaban J connectivity index is 1.74. The molecule has 118 valence electrons. The third kappa shape index (κ3) is 3.13. The number of aryl methyl sites for hydroxylation is 2. The monoisotopic (exact) mass is 312 g/mol. The molecule has 2 heterocycles. The molecule has 0 aliphatic rings. The molecule has 7 heteroatoms. The first-order valence-corrected chi connectivity index (χ1v) is 7.08. The minimum Gasteiger partial charge on any atom is -0.497 e.